The Labute approximate surface area is 176 Å². The third-order valence-electron chi connectivity index (χ3n) is 5.11. The van der Waals surface area contributed by atoms with Crippen LogP contribution in [0.1, 0.15) is 36.4 Å². The lowest BCUT2D eigenvalue weighted by Crippen LogP contribution is -2.38. The molecule has 1 unspecified atom stereocenters. The first-order chi connectivity index (χ1) is 13.6. The Hall–Kier alpha value is -1.66. The van der Waals surface area contributed by atoms with Crippen molar-refractivity contribution in [3.8, 4) is 0 Å². The molecule has 28 heavy (non-hydrogen) atoms. The number of carbonyl (C=O) groups is 1. The molecule has 0 aliphatic carbocycles. The lowest BCUT2D eigenvalue weighted by molar-refractivity contribution is -0.123. The van der Waals surface area contributed by atoms with Crippen LogP contribution in [0.15, 0.2) is 42.7 Å². The molecular weight excluding hydrogens is 395 g/mol. The number of rotatable bonds is 8. The lowest BCUT2D eigenvalue weighted by Gasteiger charge is -2.25. The van der Waals surface area contributed by atoms with Gasteiger partial charge < -0.3 is 16.0 Å². The standard InChI is InChI=1S/C21H26Cl2N4O/c22-17-1-2-18(19(23)13-17)20(26-12-7-15-3-8-24-9-4-15)21(28)27-14-16-5-10-25-11-6-16/h1-2,5-6,10-11,13,15,20,24,26H,3-4,7-9,12,14H2,(H,27,28). The number of nitrogens with zero attached hydrogens (tertiary/aromatic N) is 1. The molecule has 3 N–H and O–H groups in total. The molecule has 1 amide bonds. The zero-order valence-corrected chi connectivity index (χ0v) is 17.3. The van der Waals surface area contributed by atoms with Crippen molar-refractivity contribution in [2.24, 2.45) is 5.92 Å². The van der Waals surface area contributed by atoms with Crippen LogP contribution in [0.25, 0.3) is 0 Å². The minimum absolute atomic E-state index is 0.105. The second-order valence-corrected chi connectivity index (χ2v) is 7.95. The highest BCUT2D eigenvalue weighted by Crippen LogP contribution is 2.27. The van der Waals surface area contributed by atoms with Gasteiger partial charge in [-0.15, -0.1) is 0 Å². The molecule has 150 valence electrons. The number of hydrogen-bond donors (Lipinski definition) is 3. The Morgan fingerprint density at radius 3 is 2.64 bits per heavy atom. The predicted octanol–water partition coefficient (Wildman–Crippen LogP) is 3.73. The summed E-state index contributed by atoms with van der Waals surface area (Å²) in [5.41, 5.74) is 1.74. The number of pyridine rings is 1. The van der Waals surface area contributed by atoms with Crippen LogP contribution < -0.4 is 16.0 Å². The van der Waals surface area contributed by atoms with Crippen LogP contribution >= 0.6 is 23.2 Å². The minimum Gasteiger partial charge on any atom is -0.350 e. The van der Waals surface area contributed by atoms with Gasteiger partial charge in [-0.05, 0) is 80.2 Å². The Balaban J connectivity index is 1.65. The maximum absolute atomic E-state index is 12.9. The average molecular weight is 421 g/mol. The molecule has 3 rings (SSSR count). The van der Waals surface area contributed by atoms with E-state index >= 15 is 0 Å². The summed E-state index contributed by atoms with van der Waals surface area (Å²) in [5, 5.41) is 10.8. The lowest BCUT2D eigenvalue weighted by atomic mass is 9.94. The molecule has 1 fully saturated rings. The molecular formula is C21H26Cl2N4O. The van der Waals surface area contributed by atoms with Crippen molar-refractivity contribution in [2.45, 2.75) is 31.8 Å². The van der Waals surface area contributed by atoms with E-state index in [-0.39, 0.29) is 5.91 Å². The Morgan fingerprint density at radius 1 is 1.18 bits per heavy atom. The van der Waals surface area contributed by atoms with E-state index in [1.54, 1.807) is 24.5 Å². The fraction of sp³-hybridized carbons (Fsp3) is 0.429. The first-order valence-corrected chi connectivity index (χ1v) is 10.4. The second kappa shape index (κ2) is 10.8. The third kappa shape index (κ3) is 6.17. The van der Waals surface area contributed by atoms with Crippen LogP contribution in [0.3, 0.4) is 0 Å². The number of halogens is 2. The molecule has 2 heterocycles. The molecule has 1 atom stereocenters. The topological polar surface area (TPSA) is 66.0 Å². The maximum Gasteiger partial charge on any atom is 0.242 e. The molecule has 0 radical (unpaired) electrons. The van der Waals surface area contributed by atoms with Gasteiger partial charge >= 0.3 is 0 Å². The second-order valence-electron chi connectivity index (χ2n) is 7.11. The van der Waals surface area contributed by atoms with E-state index in [0.717, 1.165) is 37.2 Å². The summed E-state index contributed by atoms with van der Waals surface area (Å²) < 4.78 is 0. The molecule has 0 bridgehead atoms. The molecule has 0 saturated carbocycles. The van der Waals surface area contributed by atoms with E-state index in [9.17, 15) is 4.79 Å². The zero-order chi connectivity index (χ0) is 19.8. The van der Waals surface area contributed by atoms with E-state index in [1.807, 2.05) is 18.2 Å². The first kappa shape index (κ1) is 21.1. The molecule has 1 aromatic carbocycles. The summed E-state index contributed by atoms with van der Waals surface area (Å²) in [6.07, 6.45) is 6.84. The van der Waals surface area contributed by atoms with E-state index in [0.29, 0.717) is 22.5 Å². The van der Waals surface area contributed by atoms with E-state index in [1.165, 1.54) is 12.8 Å². The van der Waals surface area contributed by atoms with Crippen LogP contribution in [0.4, 0.5) is 0 Å². The van der Waals surface area contributed by atoms with Gasteiger partial charge in [0.25, 0.3) is 0 Å². The summed E-state index contributed by atoms with van der Waals surface area (Å²) in [7, 11) is 0. The van der Waals surface area contributed by atoms with Gasteiger partial charge in [-0.2, -0.15) is 0 Å². The number of nitrogens with one attached hydrogen (secondary N) is 3. The number of hydrogen-bond acceptors (Lipinski definition) is 4. The van der Waals surface area contributed by atoms with Gasteiger partial charge in [0, 0.05) is 29.0 Å². The largest absolute Gasteiger partial charge is 0.350 e. The first-order valence-electron chi connectivity index (χ1n) is 9.69. The van der Waals surface area contributed by atoms with E-state index < -0.39 is 6.04 Å². The predicted molar refractivity (Wildman–Crippen MR) is 114 cm³/mol. The number of carbonyl (C=O) groups excluding carboxylic acids is 1. The molecule has 5 nitrogen and oxygen atoms in total. The van der Waals surface area contributed by atoms with Crippen LogP contribution in [0.5, 0.6) is 0 Å². The highest BCUT2D eigenvalue weighted by atomic mass is 35.5. The molecule has 0 spiro atoms. The molecule has 1 aliphatic heterocycles. The van der Waals surface area contributed by atoms with Crippen molar-refractivity contribution in [2.75, 3.05) is 19.6 Å². The van der Waals surface area contributed by atoms with Gasteiger partial charge in [0.2, 0.25) is 5.91 Å². The summed E-state index contributed by atoms with van der Waals surface area (Å²) in [6.45, 7) is 3.35. The van der Waals surface area contributed by atoms with Crippen LogP contribution in [0, 0.1) is 5.92 Å². The maximum atomic E-state index is 12.9. The minimum atomic E-state index is -0.520. The third-order valence-corrected chi connectivity index (χ3v) is 5.67. The Morgan fingerprint density at radius 2 is 1.93 bits per heavy atom. The van der Waals surface area contributed by atoms with Crippen molar-refractivity contribution < 1.29 is 4.79 Å². The number of piperidine rings is 1. The molecule has 1 aliphatic rings. The van der Waals surface area contributed by atoms with Crippen molar-refractivity contribution in [3.05, 3.63) is 63.9 Å². The smallest absolute Gasteiger partial charge is 0.242 e. The van der Waals surface area contributed by atoms with Crippen molar-refractivity contribution >= 4 is 29.1 Å². The summed E-state index contributed by atoms with van der Waals surface area (Å²) >= 11 is 12.4. The van der Waals surface area contributed by atoms with Crippen LogP contribution in [0.2, 0.25) is 10.0 Å². The van der Waals surface area contributed by atoms with Gasteiger partial charge in [0.15, 0.2) is 0 Å². The fourth-order valence-electron chi connectivity index (χ4n) is 3.47. The van der Waals surface area contributed by atoms with Gasteiger partial charge in [-0.25, -0.2) is 0 Å². The van der Waals surface area contributed by atoms with Crippen molar-refractivity contribution in [1.29, 1.82) is 0 Å². The Bertz CT molecular complexity index is 766. The van der Waals surface area contributed by atoms with E-state index in [4.69, 9.17) is 23.2 Å². The normalized spacial score (nSPS) is 15.9. The monoisotopic (exact) mass is 420 g/mol. The summed E-state index contributed by atoms with van der Waals surface area (Å²) in [6, 6.07) is 8.51. The number of amides is 1. The zero-order valence-electron chi connectivity index (χ0n) is 15.8. The molecule has 2 aromatic rings. The van der Waals surface area contributed by atoms with Gasteiger partial charge in [-0.3, -0.25) is 9.78 Å². The van der Waals surface area contributed by atoms with Gasteiger partial charge in [0.1, 0.15) is 6.04 Å². The number of benzene rings is 1. The molecule has 1 aromatic heterocycles. The highest BCUT2D eigenvalue weighted by Gasteiger charge is 2.23. The highest BCUT2D eigenvalue weighted by molar-refractivity contribution is 6.35. The average Bonchev–Trinajstić information content (AvgIpc) is 2.72. The van der Waals surface area contributed by atoms with Crippen molar-refractivity contribution in [3.63, 3.8) is 0 Å². The van der Waals surface area contributed by atoms with Gasteiger partial charge in [-0.1, -0.05) is 29.3 Å². The number of aromatic nitrogens is 1. The van der Waals surface area contributed by atoms with Crippen LogP contribution in [-0.4, -0.2) is 30.5 Å². The van der Waals surface area contributed by atoms with E-state index in [2.05, 4.69) is 20.9 Å². The van der Waals surface area contributed by atoms with Gasteiger partial charge in [0.05, 0.1) is 0 Å². The molecule has 1 saturated heterocycles. The summed E-state index contributed by atoms with van der Waals surface area (Å²) in [5.74, 6) is 0.585. The molecule has 7 heteroatoms. The van der Waals surface area contributed by atoms with Crippen molar-refractivity contribution in [1.82, 2.24) is 20.9 Å². The van der Waals surface area contributed by atoms with Crippen LogP contribution in [-0.2, 0) is 11.3 Å². The Kier molecular flexibility index (Phi) is 8.10. The SMILES string of the molecule is O=C(NCc1ccncc1)C(NCCC1CCNCC1)c1ccc(Cl)cc1Cl. The fourth-order valence-corrected chi connectivity index (χ4v) is 3.99. The summed E-state index contributed by atoms with van der Waals surface area (Å²) in [4.78, 5) is 16.9. The quantitative estimate of drug-likeness (QED) is 0.608.